The van der Waals surface area contributed by atoms with E-state index in [0.717, 1.165) is 52.2 Å². The third kappa shape index (κ3) is 4.03. The highest BCUT2D eigenvalue weighted by atomic mass is 35.5. The van der Waals surface area contributed by atoms with Gasteiger partial charge in [-0.1, -0.05) is 17.7 Å². The molecule has 0 amide bonds. The third-order valence-electron chi connectivity index (χ3n) is 4.89. The first-order valence-electron chi connectivity index (χ1n) is 9.28. The van der Waals surface area contributed by atoms with E-state index in [1.54, 1.807) is 23.7 Å². The van der Waals surface area contributed by atoms with Gasteiger partial charge in [-0.15, -0.1) is 11.3 Å². The Balaban J connectivity index is 1.27. The molecule has 0 fully saturated rings. The second-order valence-electron chi connectivity index (χ2n) is 6.91. The zero-order chi connectivity index (χ0) is 19.6. The number of hydrogen-bond donors (Lipinski definition) is 0. The van der Waals surface area contributed by atoms with Crippen LogP contribution in [0.1, 0.15) is 16.8 Å². The van der Waals surface area contributed by atoms with E-state index >= 15 is 0 Å². The molecule has 0 N–H and O–H groups in total. The Labute approximate surface area is 177 Å². The van der Waals surface area contributed by atoms with Crippen molar-refractivity contribution in [3.63, 3.8) is 0 Å². The molecule has 5 heterocycles. The molecule has 0 radical (unpaired) electrons. The molecule has 29 heavy (non-hydrogen) atoms. The van der Waals surface area contributed by atoms with Crippen LogP contribution >= 0.6 is 22.9 Å². The molecule has 4 aromatic heterocycles. The van der Waals surface area contributed by atoms with Gasteiger partial charge in [0.1, 0.15) is 6.33 Å². The van der Waals surface area contributed by atoms with E-state index in [9.17, 15) is 0 Å². The molecule has 144 valence electrons. The lowest BCUT2D eigenvalue weighted by molar-refractivity contribution is 0.242. The normalized spacial score (nSPS) is 14.0. The summed E-state index contributed by atoms with van der Waals surface area (Å²) in [6.45, 7) is 2.65. The van der Waals surface area contributed by atoms with Crippen LogP contribution in [0.15, 0.2) is 55.4 Å². The van der Waals surface area contributed by atoms with Crippen LogP contribution in [0.4, 0.5) is 0 Å². The average molecular weight is 421 g/mol. The Bertz CT molecular complexity index is 1130. The maximum atomic E-state index is 6.02. The van der Waals surface area contributed by atoms with Crippen molar-refractivity contribution < 1.29 is 0 Å². The molecule has 4 aromatic rings. The molecular formula is C21H17ClN6S. The topological polar surface area (TPSA) is 67.7 Å². The summed E-state index contributed by atoms with van der Waals surface area (Å²) in [4.78, 5) is 25.4. The lowest BCUT2D eigenvalue weighted by atomic mass is 10.1. The molecule has 0 aliphatic carbocycles. The standard InChI is InChI=1S/C21H17ClN6S/c22-20-4-3-19(29-20)18-2-1-14(7-25-18)11-28-6-5-17-16(12-28)10-26-21(27-17)15-8-23-13-24-9-15/h1-4,7-10,13H,5-6,11-12H2. The van der Waals surface area contributed by atoms with Gasteiger partial charge >= 0.3 is 0 Å². The van der Waals surface area contributed by atoms with Gasteiger partial charge in [-0.3, -0.25) is 9.88 Å². The zero-order valence-corrected chi connectivity index (χ0v) is 17.1. The number of thiophene rings is 1. The molecule has 5 rings (SSSR count). The minimum Gasteiger partial charge on any atom is -0.294 e. The minimum atomic E-state index is 0.686. The molecule has 0 aromatic carbocycles. The number of nitrogens with zero attached hydrogens (tertiary/aromatic N) is 6. The summed E-state index contributed by atoms with van der Waals surface area (Å²) in [5.74, 6) is 0.686. The van der Waals surface area contributed by atoms with E-state index in [-0.39, 0.29) is 0 Å². The highest BCUT2D eigenvalue weighted by Crippen LogP contribution is 2.30. The van der Waals surface area contributed by atoms with Crippen LogP contribution in [0.3, 0.4) is 0 Å². The third-order valence-corrected chi connectivity index (χ3v) is 6.14. The van der Waals surface area contributed by atoms with E-state index < -0.39 is 0 Å². The van der Waals surface area contributed by atoms with Crippen molar-refractivity contribution in [1.82, 2.24) is 29.8 Å². The van der Waals surface area contributed by atoms with Crippen molar-refractivity contribution >= 4 is 22.9 Å². The first-order valence-corrected chi connectivity index (χ1v) is 10.5. The van der Waals surface area contributed by atoms with Crippen LogP contribution < -0.4 is 0 Å². The highest BCUT2D eigenvalue weighted by molar-refractivity contribution is 7.19. The molecule has 1 aliphatic heterocycles. The van der Waals surface area contributed by atoms with E-state index in [1.165, 1.54) is 17.5 Å². The van der Waals surface area contributed by atoms with Gasteiger partial charge in [-0.05, 0) is 23.8 Å². The van der Waals surface area contributed by atoms with E-state index in [1.807, 2.05) is 24.5 Å². The first kappa shape index (κ1) is 18.3. The number of fused-ring (bicyclic) bond motifs is 1. The molecule has 0 atom stereocenters. The van der Waals surface area contributed by atoms with Crippen LogP contribution in [-0.2, 0) is 19.5 Å². The van der Waals surface area contributed by atoms with Crippen LogP contribution in [-0.4, -0.2) is 36.4 Å². The van der Waals surface area contributed by atoms with Gasteiger partial charge in [-0.2, -0.15) is 0 Å². The Morgan fingerprint density at radius 3 is 2.66 bits per heavy atom. The van der Waals surface area contributed by atoms with Crippen molar-refractivity contribution in [2.24, 2.45) is 0 Å². The fourth-order valence-electron chi connectivity index (χ4n) is 3.44. The smallest absolute Gasteiger partial charge is 0.162 e. The lowest BCUT2D eigenvalue weighted by Gasteiger charge is -2.28. The molecule has 0 spiro atoms. The van der Waals surface area contributed by atoms with E-state index in [4.69, 9.17) is 16.6 Å². The zero-order valence-electron chi connectivity index (χ0n) is 15.5. The molecule has 0 bridgehead atoms. The predicted molar refractivity (Wildman–Crippen MR) is 113 cm³/mol. The quantitative estimate of drug-likeness (QED) is 0.491. The fourth-order valence-corrected chi connectivity index (χ4v) is 4.46. The molecule has 0 saturated carbocycles. The Hall–Kier alpha value is -2.74. The number of aromatic nitrogens is 5. The maximum absolute atomic E-state index is 6.02. The largest absolute Gasteiger partial charge is 0.294 e. The van der Waals surface area contributed by atoms with Crippen molar-refractivity contribution in [1.29, 1.82) is 0 Å². The van der Waals surface area contributed by atoms with E-state index in [0.29, 0.717) is 5.82 Å². The fraction of sp³-hybridized carbons (Fsp3) is 0.190. The van der Waals surface area contributed by atoms with Crippen molar-refractivity contribution in [3.05, 3.63) is 76.5 Å². The Kier molecular flexibility index (Phi) is 5.01. The van der Waals surface area contributed by atoms with Crippen molar-refractivity contribution in [2.45, 2.75) is 19.5 Å². The molecule has 6 nitrogen and oxygen atoms in total. The van der Waals surface area contributed by atoms with Crippen LogP contribution in [0, 0.1) is 0 Å². The van der Waals surface area contributed by atoms with Crippen molar-refractivity contribution in [2.75, 3.05) is 6.54 Å². The van der Waals surface area contributed by atoms with Gasteiger partial charge < -0.3 is 0 Å². The molecule has 1 aliphatic rings. The number of rotatable bonds is 4. The average Bonchev–Trinajstić information content (AvgIpc) is 3.21. The minimum absolute atomic E-state index is 0.686. The lowest BCUT2D eigenvalue weighted by Crippen LogP contribution is -2.31. The van der Waals surface area contributed by atoms with Crippen molar-refractivity contribution in [3.8, 4) is 22.0 Å². The van der Waals surface area contributed by atoms with Gasteiger partial charge in [0.15, 0.2) is 5.82 Å². The predicted octanol–water partition coefficient (Wildman–Crippen LogP) is 4.27. The summed E-state index contributed by atoms with van der Waals surface area (Å²) in [6, 6.07) is 8.11. The molecule has 0 saturated heterocycles. The molecule has 0 unspecified atom stereocenters. The first-order chi connectivity index (χ1) is 14.2. The van der Waals surface area contributed by atoms with Gasteiger partial charge in [0.25, 0.3) is 0 Å². The van der Waals surface area contributed by atoms with Crippen LogP contribution in [0.5, 0.6) is 0 Å². The number of pyridine rings is 1. The van der Waals surface area contributed by atoms with E-state index in [2.05, 4.69) is 37.0 Å². The second kappa shape index (κ2) is 7.94. The van der Waals surface area contributed by atoms with Gasteiger partial charge in [0.05, 0.1) is 26.2 Å². The maximum Gasteiger partial charge on any atom is 0.162 e. The van der Waals surface area contributed by atoms with Gasteiger partial charge in [0.2, 0.25) is 0 Å². The summed E-state index contributed by atoms with van der Waals surface area (Å²) in [6.07, 6.45) is 9.77. The monoisotopic (exact) mass is 420 g/mol. The summed E-state index contributed by atoms with van der Waals surface area (Å²) >= 11 is 7.57. The number of halogens is 1. The summed E-state index contributed by atoms with van der Waals surface area (Å²) in [5.41, 5.74) is 5.28. The second-order valence-corrected chi connectivity index (χ2v) is 8.62. The van der Waals surface area contributed by atoms with Gasteiger partial charge in [0, 0.05) is 56.4 Å². The number of hydrogen-bond acceptors (Lipinski definition) is 7. The van der Waals surface area contributed by atoms with Crippen LogP contribution in [0.25, 0.3) is 22.0 Å². The highest BCUT2D eigenvalue weighted by Gasteiger charge is 2.19. The SMILES string of the molecule is Clc1ccc(-c2ccc(CN3CCc4nc(-c5cncnc5)ncc4C3)cn2)s1. The Morgan fingerprint density at radius 2 is 1.90 bits per heavy atom. The summed E-state index contributed by atoms with van der Waals surface area (Å²) < 4.78 is 0.781. The molecular weight excluding hydrogens is 404 g/mol. The Morgan fingerprint density at radius 1 is 1.00 bits per heavy atom. The molecule has 8 heteroatoms. The summed E-state index contributed by atoms with van der Waals surface area (Å²) in [5, 5.41) is 0. The summed E-state index contributed by atoms with van der Waals surface area (Å²) in [7, 11) is 0. The van der Waals surface area contributed by atoms with Gasteiger partial charge in [-0.25, -0.2) is 19.9 Å². The van der Waals surface area contributed by atoms with Crippen LogP contribution in [0.2, 0.25) is 4.34 Å².